The number of benzene rings is 2. The first-order valence-electron chi connectivity index (χ1n) is 9.60. The Morgan fingerprint density at radius 2 is 1.68 bits per heavy atom. The average Bonchev–Trinajstić information content (AvgIpc) is 3.39. The zero-order valence-electron chi connectivity index (χ0n) is 17.3. The molecule has 31 heavy (non-hydrogen) atoms. The van der Waals surface area contributed by atoms with Crippen molar-refractivity contribution in [3.63, 3.8) is 0 Å². The summed E-state index contributed by atoms with van der Waals surface area (Å²) < 4.78 is 16.3. The highest BCUT2D eigenvalue weighted by atomic mass is 16.5. The molecule has 1 fully saturated rings. The molecule has 7 nitrogen and oxygen atoms in total. The number of amides is 1. The summed E-state index contributed by atoms with van der Waals surface area (Å²) in [6, 6.07) is 14.6. The van der Waals surface area contributed by atoms with Crippen LogP contribution in [0.1, 0.15) is 22.9 Å². The Bertz CT molecular complexity index is 1160. The second-order valence-corrected chi connectivity index (χ2v) is 7.06. The molecule has 3 aromatic rings. The number of rotatable bonds is 5. The summed E-state index contributed by atoms with van der Waals surface area (Å²) in [5.74, 6) is -1.04. The summed E-state index contributed by atoms with van der Waals surface area (Å²) in [7, 11) is 2.89. The summed E-state index contributed by atoms with van der Waals surface area (Å²) in [6.07, 6.45) is 1.45. The number of methoxy groups -OCH3 is 2. The number of carbonyl (C=O) groups is 2. The third-order valence-corrected chi connectivity index (χ3v) is 5.20. The maximum atomic E-state index is 13.2. The first-order valence-corrected chi connectivity index (χ1v) is 9.60. The molecule has 158 valence electrons. The largest absolute Gasteiger partial charge is 0.506 e. The predicted octanol–water partition coefficient (Wildman–Crippen LogP) is 4.23. The highest BCUT2D eigenvalue weighted by Gasteiger charge is 2.48. The molecule has 0 spiro atoms. The summed E-state index contributed by atoms with van der Waals surface area (Å²) in [4.78, 5) is 27.6. The Labute approximate surface area is 179 Å². The van der Waals surface area contributed by atoms with Crippen molar-refractivity contribution < 1.29 is 28.6 Å². The van der Waals surface area contributed by atoms with Gasteiger partial charge in [-0.1, -0.05) is 18.2 Å². The van der Waals surface area contributed by atoms with Gasteiger partial charge in [0.25, 0.3) is 11.7 Å². The molecule has 7 heteroatoms. The monoisotopic (exact) mass is 419 g/mol. The molecule has 1 aromatic heterocycles. The quantitative estimate of drug-likeness (QED) is 0.378. The van der Waals surface area contributed by atoms with Crippen molar-refractivity contribution in [1.29, 1.82) is 0 Å². The van der Waals surface area contributed by atoms with Gasteiger partial charge < -0.3 is 19.0 Å². The molecular formula is C24H21NO6. The lowest BCUT2D eigenvalue weighted by Crippen LogP contribution is -2.29. The molecule has 1 aliphatic rings. The number of anilines is 1. The smallest absolute Gasteiger partial charge is 0.300 e. The lowest BCUT2D eigenvalue weighted by molar-refractivity contribution is -0.132. The number of aliphatic hydroxyl groups excluding tert-OH is 1. The van der Waals surface area contributed by atoms with E-state index in [0.29, 0.717) is 22.9 Å². The van der Waals surface area contributed by atoms with Gasteiger partial charge in [0.05, 0.1) is 26.1 Å². The maximum Gasteiger partial charge on any atom is 0.300 e. The van der Waals surface area contributed by atoms with Crippen LogP contribution in [0.2, 0.25) is 0 Å². The minimum atomic E-state index is -0.952. The van der Waals surface area contributed by atoms with Crippen molar-refractivity contribution in [1.82, 2.24) is 0 Å². The summed E-state index contributed by atoms with van der Waals surface area (Å²) in [6.45, 7) is 1.89. The van der Waals surface area contributed by atoms with E-state index in [4.69, 9.17) is 13.9 Å². The number of ketones is 1. The van der Waals surface area contributed by atoms with Crippen LogP contribution in [0.25, 0.3) is 5.76 Å². The van der Waals surface area contributed by atoms with Gasteiger partial charge in [-0.3, -0.25) is 14.5 Å². The molecule has 1 atom stereocenters. The van der Waals surface area contributed by atoms with Crippen LogP contribution in [0.15, 0.2) is 70.9 Å². The fourth-order valence-electron chi connectivity index (χ4n) is 3.81. The predicted molar refractivity (Wildman–Crippen MR) is 114 cm³/mol. The van der Waals surface area contributed by atoms with E-state index in [0.717, 1.165) is 5.56 Å². The molecule has 2 heterocycles. The summed E-state index contributed by atoms with van der Waals surface area (Å²) in [5.41, 5.74) is 1.52. The minimum absolute atomic E-state index is 0.107. The van der Waals surface area contributed by atoms with Crippen LogP contribution in [0, 0.1) is 6.92 Å². The topological polar surface area (TPSA) is 89.2 Å². The zero-order chi connectivity index (χ0) is 22.1. The Morgan fingerprint density at radius 1 is 1.00 bits per heavy atom. The molecule has 2 aromatic carbocycles. The van der Waals surface area contributed by atoms with Crippen LogP contribution in [-0.2, 0) is 9.59 Å². The molecule has 0 saturated carbocycles. The minimum Gasteiger partial charge on any atom is -0.506 e. The highest BCUT2D eigenvalue weighted by molar-refractivity contribution is 6.51. The molecule has 0 bridgehead atoms. The second kappa shape index (κ2) is 8.02. The fraction of sp³-hybridized carbons (Fsp3) is 0.167. The molecule has 1 saturated heterocycles. The fourth-order valence-corrected chi connectivity index (χ4v) is 3.81. The van der Waals surface area contributed by atoms with Crippen molar-refractivity contribution in [2.45, 2.75) is 13.0 Å². The molecule has 0 aliphatic carbocycles. The van der Waals surface area contributed by atoms with Gasteiger partial charge in [-0.05, 0) is 48.9 Å². The van der Waals surface area contributed by atoms with Crippen LogP contribution in [0.5, 0.6) is 11.5 Å². The van der Waals surface area contributed by atoms with Gasteiger partial charge >= 0.3 is 0 Å². The van der Waals surface area contributed by atoms with Gasteiger partial charge in [0.15, 0.2) is 0 Å². The zero-order valence-corrected chi connectivity index (χ0v) is 17.3. The normalized spacial score (nSPS) is 17.8. The average molecular weight is 419 g/mol. The van der Waals surface area contributed by atoms with Crippen LogP contribution in [0.3, 0.4) is 0 Å². The van der Waals surface area contributed by atoms with Crippen molar-refractivity contribution in [3.8, 4) is 11.5 Å². The summed E-state index contributed by atoms with van der Waals surface area (Å²) >= 11 is 0. The summed E-state index contributed by atoms with van der Waals surface area (Å²) in [5, 5.41) is 11.3. The Hall–Kier alpha value is -4.00. The first kappa shape index (κ1) is 20.3. The molecule has 1 amide bonds. The number of carbonyl (C=O) groups excluding carboxylic acids is 2. The SMILES string of the molecule is COc1cccc(OC)c1/C(O)=C1\C(=O)C(=O)N(c2cccc(C)c2)C1c1ccco1. The molecule has 1 unspecified atom stereocenters. The molecular weight excluding hydrogens is 398 g/mol. The third-order valence-electron chi connectivity index (χ3n) is 5.20. The van der Waals surface area contributed by atoms with Crippen LogP contribution in [-0.4, -0.2) is 31.0 Å². The van der Waals surface area contributed by atoms with Gasteiger partial charge in [0.2, 0.25) is 0 Å². The van der Waals surface area contributed by atoms with Crippen molar-refractivity contribution >= 4 is 23.1 Å². The second-order valence-electron chi connectivity index (χ2n) is 7.06. The van der Waals surface area contributed by atoms with Crippen LogP contribution < -0.4 is 14.4 Å². The molecule has 1 N–H and O–H groups in total. The molecule has 0 radical (unpaired) electrons. The van der Waals surface area contributed by atoms with E-state index in [1.165, 1.54) is 25.4 Å². The lowest BCUT2D eigenvalue weighted by Gasteiger charge is -2.24. The lowest BCUT2D eigenvalue weighted by atomic mass is 9.98. The number of ether oxygens (including phenoxy) is 2. The van der Waals surface area contributed by atoms with Gasteiger partial charge in [0.1, 0.15) is 34.6 Å². The standard InChI is InChI=1S/C24H21NO6/c1-14-7-4-8-15(13-14)25-21(18-11-6-12-31-18)20(23(27)24(25)28)22(26)19-16(29-2)9-5-10-17(19)30-3/h4-13,21,26H,1-3H3/b22-20+. The molecule has 1 aliphatic heterocycles. The number of aliphatic hydroxyl groups is 1. The van der Waals surface area contributed by atoms with E-state index in [1.807, 2.05) is 13.0 Å². The first-order chi connectivity index (χ1) is 15.0. The van der Waals surface area contributed by atoms with Crippen molar-refractivity contribution in [2.24, 2.45) is 0 Å². The third kappa shape index (κ3) is 3.34. The number of nitrogens with zero attached hydrogens (tertiary/aromatic N) is 1. The Kier molecular flexibility index (Phi) is 5.25. The van der Waals surface area contributed by atoms with E-state index in [2.05, 4.69) is 0 Å². The van der Waals surface area contributed by atoms with Gasteiger partial charge in [-0.2, -0.15) is 0 Å². The Morgan fingerprint density at radius 3 is 2.26 bits per heavy atom. The van der Waals surface area contributed by atoms with Gasteiger partial charge in [-0.15, -0.1) is 0 Å². The van der Waals surface area contributed by atoms with E-state index >= 15 is 0 Å². The van der Waals surface area contributed by atoms with Crippen LogP contribution in [0.4, 0.5) is 5.69 Å². The van der Waals surface area contributed by atoms with Crippen molar-refractivity contribution in [3.05, 3.63) is 83.3 Å². The Balaban J connectivity index is 1.99. The number of furan rings is 1. The van der Waals surface area contributed by atoms with E-state index in [1.54, 1.807) is 48.5 Å². The van der Waals surface area contributed by atoms with Gasteiger partial charge in [-0.25, -0.2) is 0 Å². The number of aryl methyl sites for hydroxylation is 1. The van der Waals surface area contributed by atoms with Crippen LogP contribution >= 0.6 is 0 Å². The van der Waals surface area contributed by atoms with E-state index < -0.39 is 23.5 Å². The van der Waals surface area contributed by atoms with Crippen molar-refractivity contribution in [2.75, 3.05) is 19.1 Å². The number of hydrogen-bond acceptors (Lipinski definition) is 6. The number of hydrogen-bond donors (Lipinski definition) is 1. The maximum absolute atomic E-state index is 13.2. The molecule has 4 rings (SSSR count). The van der Waals surface area contributed by atoms with Gasteiger partial charge in [0, 0.05) is 5.69 Å². The number of Topliss-reactive ketones (excluding diaryl/α,β-unsaturated/α-hetero) is 1. The van der Waals surface area contributed by atoms with E-state index in [-0.39, 0.29) is 11.1 Å². The van der Waals surface area contributed by atoms with E-state index in [9.17, 15) is 14.7 Å². The highest BCUT2D eigenvalue weighted by Crippen LogP contribution is 2.45.